The summed E-state index contributed by atoms with van der Waals surface area (Å²) < 4.78 is 0. The zero-order valence-corrected chi connectivity index (χ0v) is 11.7. The third-order valence-corrected chi connectivity index (χ3v) is 3.90. The molecule has 3 nitrogen and oxygen atoms in total. The fourth-order valence-corrected chi connectivity index (χ4v) is 2.51. The Hall–Kier alpha value is -1.49. The van der Waals surface area contributed by atoms with Crippen LogP contribution in [0.5, 0.6) is 0 Å². The SMILES string of the molecule is NNC(=O)c1ccc(CSc2ccc(Cl)cc2)cc1. The molecule has 98 valence electrons. The van der Waals surface area contributed by atoms with Gasteiger partial charge in [0, 0.05) is 21.2 Å². The van der Waals surface area contributed by atoms with Crippen LogP contribution < -0.4 is 11.3 Å². The largest absolute Gasteiger partial charge is 0.290 e. The van der Waals surface area contributed by atoms with Crippen molar-refractivity contribution in [1.82, 2.24) is 5.43 Å². The number of carbonyl (C=O) groups is 1. The van der Waals surface area contributed by atoms with E-state index in [9.17, 15) is 4.79 Å². The molecule has 2 aromatic carbocycles. The molecular weight excluding hydrogens is 280 g/mol. The van der Waals surface area contributed by atoms with E-state index in [0.29, 0.717) is 5.56 Å². The maximum Gasteiger partial charge on any atom is 0.265 e. The highest BCUT2D eigenvalue weighted by atomic mass is 35.5. The summed E-state index contributed by atoms with van der Waals surface area (Å²) in [5, 5.41) is 0.737. The highest BCUT2D eigenvalue weighted by Crippen LogP contribution is 2.24. The molecule has 0 fully saturated rings. The zero-order chi connectivity index (χ0) is 13.7. The van der Waals surface area contributed by atoms with Crippen LogP contribution in [-0.4, -0.2) is 5.91 Å². The molecule has 1 amide bonds. The summed E-state index contributed by atoms with van der Waals surface area (Å²) in [5.74, 6) is 5.63. The Balaban J connectivity index is 1.96. The Kier molecular flexibility index (Phi) is 4.85. The summed E-state index contributed by atoms with van der Waals surface area (Å²) in [7, 11) is 0. The Labute approximate surface area is 121 Å². The van der Waals surface area contributed by atoms with Gasteiger partial charge in [0.1, 0.15) is 0 Å². The van der Waals surface area contributed by atoms with Gasteiger partial charge in [-0.05, 0) is 42.0 Å². The lowest BCUT2D eigenvalue weighted by molar-refractivity contribution is 0.0953. The zero-order valence-electron chi connectivity index (χ0n) is 10.1. The minimum atomic E-state index is -0.281. The number of rotatable bonds is 4. The molecule has 0 aliphatic heterocycles. The van der Waals surface area contributed by atoms with E-state index in [0.717, 1.165) is 21.2 Å². The Morgan fingerprint density at radius 3 is 2.32 bits per heavy atom. The molecule has 0 bridgehead atoms. The second-order valence-electron chi connectivity index (χ2n) is 3.91. The van der Waals surface area contributed by atoms with Crippen molar-refractivity contribution < 1.29 is 4.79 Å². The van der Waals surface area contributed by atoms with Crippen LogP contribution in [0.2, 0.25) is 5.02 Å². The number of thioether (sulfide) groups is 1. The smallest absolute Gasteiger partial charge is 0.265 e. The molecule has 0 saturated carbocycles. The van der Waals surface area contributed by atoms with E-state index in [1.165, 1.54) is 0 Å². The van der Waals surface area contributed by atoms with Gasteiger partial charge in [0.25, 0.3) is 5.91 Å². The van der Waals surface area contributed by atoms with Crippen LogP contribution in [0.1, 0.15) is 15.9 Å². The van der Waals surface area contributed by atoms with Crippen LogP contribution in [0.25, 0.3) is 0 Å². The lowest BCUT2D eigenvalue weighted by atomic mass is 10.1. The van der Waals surface area contributed by atoms with Crippen LogP contribution in [-0.2, 0) is 5.75 Å². The van der Waals surface area contributed by atoms with E-state index in [-0.39, 0.29) is 5.91 Å². The van der Waals surface area contributed by atoms with Gasteiger partial charge in [0.05, 0.1) is 0 Å². The van der Waals surface area contributed by atoms with Gasteiger partial charge in [-0.25, -0.2) is 5.84 Å². The van der Waals surface area contributed by atoms with Gasteiger partial charge < -0.3 is 0 Å². The summed E-state index contributed by atoms with van der Waals surface area (Å²) >= 11 is 7.55. The standard InChI is InChI=1S/C14H13ClN2OS/c15-12-5-7-13(8-6-12)19-9-10-1-3-11(4-2-10)14(18)17-16/h1-8H,9,16H2,(H,17,18). The number of nitrogens with two attached hydrogens (primary N) is 1. The maximum absolute atomic E-state index is 11.3. The summed E-state index contributed by atoms with van der Waals surface area (Å²) in [5.41, 5.74) is 3.81. The van der Waals surface area contributed by atoms with Crippen LogP contribution in [0.4, 0.5) is 0 Å². The Bertz CT molecular complexity index is 555. The average Bonchev–Trinajstić information content (AvgIpc) is 2.46. The van der Waals surface area contributed by atoms with Gasteiger partial charge >= 0.3 is 0 Å². The van der Waals surface area contributed by atoms with Crippen molar-refractivity contribution in [2.24, 2.45) is 5.84 Å². The molecule has 3 N–H and O–H groups in total. The van der Waals surface area contributed by atoms with Crippen molar-refractivity contribution in [1.29, 1.82) is 0 Å². The van der Waals surface area contributed by atoms with Crippen molar-refractivity contribution in [3.8, 4) is 0 Å². The first-order valence-electron chi connectivity index (χ1n) is 5.67. The molecule has 0 aromatic heterocycles. The van der Waals surface area contributed by atoms with Gasteiger partial charge in [0.15, 0.2) is 0 Å². The number of halogens is 1. The van der Waals surface area contributed by atoms with Gasteiger partial charge in [-0.2, -0.15) is 0 Å². The van der Waals surface area contributed by atoms with Crippen LogP contribution in [0.3, 0.4) is 0 Å². The molecule has 2 rings (SSSR count). The predicted molar refractivity (Wildman–Crippen MR) is 79.1 cm³/mol. The van der Waals surface area contributed by atoms with Gasteiger partial charge in [-0.3, -0.25) is 10.2 Å². The molecule has 0 radical (unpaired) electrons. The monoisotopic (exact) mass is 292 g/mol. The van der Waals surface area contributed by atoms with E-state index in [2.05, 4.69) is 5.43 Å². The molecule has 0 spiro atoms. The summed E-state index contributed by atoms with van der Waals surface area (Å²) in [6.07, 6.45) is 0. The number of amides is 1. The molecule has 2 aromatic rings. The third kappa shape index (κ3) is 3.99. The first kappa shape index (κ1) is 13.9. The molecule has 0 atom stereocenters. The summed E-state index contributed by atoms with van der Waals surface area (Å²) in [4.78, 5) is 12.4. The minimum absolute atomic E-state index is 0.281. The van der Waals surface area contributed by atoms with E-state index in [4.69, 9.17) is 17.4 Å². The Morgan fingerprint density at radius 1 is 1.11 bits per heavy atom. The minimum Gasteiger partial charge on any atom is -0.290 e. The molecule has 5 heteroatoms. The summed E-state index contributed by atoms with van der Waals surface area (Å²) in [6.45, 7) is 0. The average molecular weight is 293 g/mol. The summed E-state index contributed by atoms with van der Waals surface area (Å²) in [6, 6.07) is 15.1. The molecule has 0 heterocycles. The second kappa shape index (κ2) is 6.61. The van der Waals surface area contributed by atoms with Gasteiger partial charge in [-0.1, -0.05) is 23.7 Å². The lowest BCUT2D eigenvalue weighted by Crippen LogP contribution is -2.29. The first-order chi connectivity index (χ1) is 9.19. The van der Waals surface area contributed by atoms with Crippen molar-refractivity contribution in [2.45, 2.75) is 10.6 Å². The number of hydrogen-bond donors (Lipinski definition) is 2. The number of carbonyl (C=O) groups excluding carboxylic acids is 1. The molecule has 0 aliphatic carbocycles. The number of nitrogens with one attached hydrogen (secondary N) is 1. The van der Waals surface area contributed by atoms with Crippen LogP contribution in [0.15, 0.2) is 53.4 Å². The van der Waals surface area contributed by atoms with Crippen molar-refractivity contribution in [3.63, 3.8) is 0 Å². The highest BCUT2D eigenvalue weighted by Gasteiger charge is 2.03. The predicted octanol–water partition coefficient (Wildman–Crippen LogP) is 3.24. The van der Waals surface area contributed by atoms with Crippen molar-refractivity contribution in [3.05, 3.63) is 64.7 Å². The fraction of sp³-hybridized carbons (Fsp3) is 0.0714. The third-order valence-electron chi connectivity index (χ3n) is 2.57. The fourth-order valence-electron chi connectivity index (χ4n) is 1.53. The van der Waals surface area contributed by atoms with Gasteiger partial charge in [0.2, 0.25) is 0 Å². The second-order valence-corrected chi connectivity index (χ2v) is 5.40. The lowest BCUT2D eigenvalue weighted by Gasteiger charge is -2.04. The number of nitrogen functional groups attached to an aromatic ring is 1. The normalized spacial score (nSPS) is 10.2. The van der Waals surface area contributed by atoms with Crippen LogP contribution in [0, 0.1) is 0 Å². The molecule has 0 saturated heterocycles. The van der Waals surface area contributed by atoms with E-state index in [1.807, 2.05) is 36.4 Å². The highest BCUT2D eigenvalue weighted by molar-refractivity contribution is 7.98. The Morgan fingerprint density at radius 2 is 1.74 bits per heavy atom. The number of hydrogen-bond acceptors (Lipinski definition) is 3. The first-order valence-corrected chi connectivity index (χ1v) is 7.03. The molecule has 19 heavy (non-hydrogen) atoms. The van der Waals surface area contributed by atoms with Crippen molar-refractivity contribution in [2.75, 3.05) is 0 Å². The maximum atomic E-state index is 11.3. The quantitative estimate of drug-likeness (QED) is 0.394. The molecule has 0 unspecified atom stereocenters. The van der Waals surface area contributed by atoms with E-state index >= 15 is 0 Å². The number of benzene rings is 2. The topological polar surface area (TPSA) is 55.1 Å². The number of hydrazine groups is 1. The van der Waals surface area contributed by atoms with Gasteiger partial charge in [-0.15, -0.1) is 11.8 Å². The molecular formula is C14H13ClN2OS. The van der Waals surface area contributed by atoms with Crippen molar-refractivity contribution >= 4 is 29.3 Å². The molecule has 0 aliphatic rings. The van der Waals surface area contributed by atoms with Crippen LogP contribution >= 0.6 is 23.4 Å². The van der Waals surface area contributed by atoms with E-state index in [1.54, 1.807) is 23.9 Å². The van der Waals surface area contributed by atoms with E-state index < -0.39 is 0 Å².